The summed E-state index contributed by atoms with van der Waals surface area (Å²) in [6.45, 7) is 1.61. The van der Waals surface area contributed by atoms with Crippen molar-refractivity contribution in [2.24, 2.45) is 0 Å². The Hall–Kier alpha value is -4.12. The van der Waals surface area contributed by atoms with E-state index in [-0.39, 0.29) is 35.8 Å². The minimum absolute atomic E-state index is 0.0310. The number of hydrogen-bond donors (Lipinski definition) is 4. The van der Waals surface area contributed by atoms with Crippen LogP contribution in [0.3, 0.4) is 0 Å². The number of benzene rings is 3. The Labute approximate surface area is 215 Å². The molecular weight excluding hydrogens is 494 g/mol. The van der Waals surface area contributed by atoms with Crippen molar-refractivity contribution in [2.75, 3.05) is 13.2 Å². The molecule has 2 aromatic heterocycles. The van der Waals surface area contributed by atoms with Crippen molar-refractivity contribution in [1.82, 2.24) is 20.2 Å². The molecule has 6 rings (SSSR count). The Kier molecular flexibility index (Phi) is 6.15. The minimum Gasteiger partial charge on any atom is -0.456 e. The Morgan fingerprint density at radius 2 is 1.66 bits per heavy atom. The number of aromatic nitrogens is 4. The first-order valence-corrected chi connectivity index (χ1v) is 12.1. The highest BCUT2D eigenvalue weighted by molar-refractivity contribution is 5.84. The standard InChI is InChI=1S/C28H24F2N4O4/c1-14-10-20(34-33-14)17-6-2-15(3-7-17)16-4-8-18(9-5-16)24-19(29)11-21-26(25(24)30)32-28(31-21)38-23-13-37-22(12-35)27(23)36/h2-11,22-23,27,35-36H,12-13H2,1H3,(H,31,32)(H,33,34)/t22-,23-,27-/m1/s1. The molecule has 1 aliphatic heterocycles. The van der Waals surface area contributed by atoms with Gasteiger partial charge in [-0.3, -0.25) is 5.10 Å². The number of hydrogen-bond acceptors (Lipinski definition) is 6. The highest BCUT2D eigenvalue weighted by Gasteiger charge is 2.37. The fourth-order valence-electron chi connectivity index (χ4n) is 4.67. The molecule has 1 saturated heterocycles. The molecule has 5 aromatic rings. The summed E-state index contributed by atoms with van der Waals surface area (Å²) in [5, 5.41) is 26.6. The van der Waals surface area contributed by atoms with Crippen LogP contribution in [-0.4, -0.2) is 61.9 Å². The van der Waals surface area contributed by atoms with E-state index in [1.54, 1.807) is 12.1 Å². The van der Waals surface area contributed by atoms with E-state index in [0.717, 1.165) is 34.1 Å². The van der Waals surface area contributed by atoms with Gasteiger partial charge in [-0.1, -0.05) is 48.5 Å². The van der Waals surface area contributed by atoms with Crippen LogP contribution in [0, 0.1) is 18.6 Å². The van der Waals surface area contributed by atoms with Gasteiger partial charge in [0.15, 0.2) is 11.9 Å². The van der Waals surface area contributed by atoms with Gasteiger partial charge in [0.25, 0.3) is 6.01 Å². The van der Waals surface area contributed by atoms with E-state index >= 15 is 8.78 Å². The Morgan fingerprint density at radius 1 is 1.00 bits per heavy atom. The Bertz CT molecular complexity index is 1600. The second-order valence-electron chi connectivity index (χ2n) is 9.28. The summed E-state index contributed by atoms with van der Waals surface area (Å²) in [4.78, 5) is 6.87. The zero-order valence-corrected chi connectivity index (χ0v) is 20.3. The van der Waals surface area contributed by atoms with Crippen LogP contribution in [0.1, 0.15) is 5.69 Å². The zero-order valence-electron chi connectivity index (χ0n) is 20.3. The Balaban J connectivity index is 1.25. The zero-order chi connectivity index (χ0) is 26.4. The van der Waals surface area contributed by atoms with E-state index in [1.165, 1.54) is 0 Å². The van der Waals surface area contributed by atoms with Crippen LogP contribution in [0.15, 0.2) is 60.7 Å². The first-order valence-electron chi connectivity index (χ1n) is 12.1. The molecule has 0 radical (unpaired) electrons. The van der Waals surface area contributed by atoms with Crippen LogP contribution in [0.5, 0.6) is 6.01 Å². The second-order valence-corrected chi connectivity index (χ2v) is 9.28. The lowest BCUT2D eigenvalue weighted by molar-refractivity contribution is -0.00390. The molecular formula is C28H24F2N4O4. The molecule has 194 valence electrons. The lowest BCUT2D eigenvalue weighted by atomic mass is 9.98. The first kappa shape index (κ1) is 24.2. The minimum atomic E-state index is -1.07. The number of imidazole rings is 1. The number of nitrogens with zero attached hydrogens (tertiary/aromatic N) is 2. The molecule has 0 amide bonds. The van der Waals surface area contributed by atoms with E-state index in [0.29, 0.717) is 5.56 Å². The van der Waals surface area contributed by atoms with Crippen molar-refractivity contribution in [3.8, 4) is 39.5 Å². The molecule has 0 bridgehead atoms. The molecule has 4 N–H and O–H groups in total. The highest BCUT2D eigenvalue weighted by atomic mass is 19.1. The number of aromatic amines is 2. The first-order chi connectivity index (χ1) is 18.4. The van der Waals surface area contributed by atoms with Gasteiger partial charge in [-0.2, -0.15) is 10.1 Å². The fraction of sp³-hybridized carbons (Fsp3) is 0.214. The summed E-state index contributed by atoms with van der Waals surface area (Å²) >= 11 is 0. The molecule has 0 saturated carbocycles. The van der Waals surface area contributed by atoms with Gasteiger partial charge in [0.1, 0.15) is 23.5 Å². The average Bonchev–Trinajstić information content (AvgIpc) is 3.63. The van der Waals surface area contributed by atoms with Crippen molar-refractivity contribution in [3.05, 3.63) is 78.0 Å². The van der Waals surface area contributed by atoms with Crippen molar-refractivity contribution in [2.45, 2.75) is 25.2 Å². The number of rotatable bonds is 6. The number of aryl methyl sites for hydroxylation is 1. The number of aliphatic hydroxyl groups is 2. The van der Waals surface area contributed by atoms with E-state index in [1.807, 2.05) is 49.4 Å². The van der Waals surface area contributed by atoms with E-state index in [2.05, 4.69) is 20.2 Å². The van der Waals surface area contributed by atoms with Crippen molar-refractivity contribution in [3.63, 3.8) is 0 Å². The summed E-state index contributed by atoms with van der Waals surface area (Å²) in [5.41, 5.74) is 4.88. The van der Waals surface area contributed by atoms with Gasteiger partial charge in [-0.25, -0.2) is 8.78 Å². The van der Waals surface area contributed by atoms with Crippen LogP contribution < -0.4 is 4.74 Å². The van der Waals surface area contributed by atoms with Crippen LogP contribution >= 0.6 is 0 Å². The topological polar surface area (TPSA) is 116 Å². The SMILES string of the molecule is Cc1cc(-c2ccc(-c3ccc(-c4c(F)cc5[nH]c(O[C@@H]6CO[C@H](CO)[C@H]6O)nc5c4F)cc3)cc2)n[nH]1. The molecule has 0 spiro atoms. The van der Waals surface area contributed by atoms with Gasteiger partial charge in [0, 0.05) is 17.3 Å². The van der Waals surface area contributed by atoms with Crippen molar-refractivity contribution in [1.29, 1.82) is 0 Å². The lowest BCUT2D eigenvalue weighted by Crippen LogP contribution is -2.36. The van der Waals surface area contributed by atoms with Crippen molar-refractivity contribution >= 4 is 11.0 Å². The van der Waals surface area contributed by atoms with Gasteiger partial charge in [0.2, 0.25) is 0 Å². The third kappa shape index (κ3) is 4.32. The predicted molar refractivity (Wildman–Crippen MR) is 136 cm³/mol. The van der Waals surface area contributed by atoms with Crippen LogP contribution in [0.2, 0.25) is 0 Å². The molecule has 1 fully saturated rings. The number of nitrogens with one attached hydrogen (secondary N) is 2. The Morgan fingerprint density at radius 3 is 2.26 bits per heavy atom. The lowest BCUT2D eigenvalue weighted by Gasteiger charge is -2.15. The summed E-state index contributed by atoms with van der Waals surface area (Å²) in [6.07, 6.45) is -2.65. The molecule has 3 heterocycles. The second kappa shape index (κ2) is 9.64. The van der Waals surface area contributed by atoms with Gasteiger partial charge in [-0.15, -0.1) is 0 Å². The third-order valence-corrected chi connectivity index (χ3v) is 6.72. The molecule has 8 nitrogen and oxygen atoms in total. The molecule has 3 aromatic carbocycles. The molecule has 3 atom stereocenters. The van der Waals surface area contributed by atoms with Gasteiger partial charge < -0.3 is 24.7 Å². The van der Waals surface area contributed by atoms with Crippen LogP contribution in [0.25, 0.3) is 44.5 Å². The molecule has 1 aliphatic rings. The maximum Gasteiger partial charge on any atom is 0.295 e. The van der Waals surface area contributed by atoms with Crippen LogP contribution in [0.4, 0.5) is 8.78 Å². The maximum atomic E-state index is 15.5. The summed E-state index contributed by atoms with van der Waals surface area (Å²) < 4.78 is 41.4. The van der Waals surface area contributed by atoms with Gasteiger partial charge in [0.05, 0.1) is 30.0 Å². The van der Waals surface area contributed by atoms with E-state index in [4.69, 9.17) is 9.47 Å². The fourth-order valence-corrected chi connectivity index (χ4v) is 4.67. The van der Waals surface area contributed by atoms with Gasteiger partial charge in [-0.05, 0) is 29.7 Å². The number of H-pyrrole nitrogens is 2. The molecule has 0 aliphatic carbocycles. The third-order valence-electron chi connectivity index (χ3n) is 6.72. The highest BCUT2D eigenvalue weighted by Crippen LogP contribution is 2.34. The smallest absolute Gasteiger partial charge is 0.295 e. The molecule has 10 heteroatoms. The van der Waals surface area contributed by atoms with Crippen molar-refractivity contribution < 1.29 is 28.5 Å². The number of fused-ring (bicyclic) bond motifs is 1. The summed E-state index contributed by atoms with van der Waals surface area (Å²) in [6, 6.07) is 17.9. The van der Waals surface area contributed by atoms with E-state index < -0.39 is 29.9 Å². The largest absolute Gasteiger partial charge is 0.456 e. The number of aliphatic hydroxyl groups excluding tert-OH is 2. The monoisotopic (exact) mass is 518 g/mol. The van der Waals surface area contributed by atoms with E-state index in [9.17, 15) is 10.2 Å². The molecule has 0 unspecified atom stereocenters. The normalized spacial score (nSPS) is 19.3. The quantitative estimate of drug-likeness (QED) is 0.265. The summed E-state index contributed by atoms with van der Waals surface area (Å²) in [7, 11) is 0. The maximum absolute atomic E-state index is 15.5. The molecule has 38 heavy (non-hydrogen) atoms. The predicted octanol–water partition coefficient (Wildman–Crippen LogP) is 4.37. The number of halogens is 2. The van der Waals surface area contributed by atoms with Crippen LogP contribution in [-0.2, 0) is 4.74 Å². The van der Waals surface area contributed by atoms with Gasteiger partial charge >= 0.3 is 0 Å². The summed E-state index contributed by atoms with van der Waals surface area (Å²) in [5.74, 6) is -1.57. The number of ether oxygens (including phenoxy) is 2. The average molecular weight is 519 g/mol.